The van der Waals surface area contributed by atoms with Gasteiger partial charge >= 0.3 is 0 Å². The number of hydrogen-bond acceptors (Lipinski definition) is 5. The van der Waals surface area contributed by atoms with E-state index < -0.39 is 11.7 Å². The maximum Gasteiger partial charge on any atom is 0.260 e. The van der Waals surface area contributed by atoms with Gasteiger partial charge in [-0.3, -0.25) is 14.9 Å². The van der Waals surface area contributed by atoms with Gasteiger partial charge in [0.1, 0.15) is 5.82 Å². The lowest BCUT2D eigenvalue weighted by Gasteiger charge is -2.32. The van der Waals surface area contributed by atoms with Crippen LogP contribution in [0.4, 0.5) is 9.52 Å². The number of hydrogen-bond donors (Lipinski definition) is 2. The van der Waals surface area contributed by atoms with Crippen LogP contribution in [0.3, 0.4) is 0 Å². The molecule has 0 unspecified atom stereocenters. The predicted octanol–water partition coefficient (Wildman–Crippen LogP) is 2.82. The second kappa shape index (κ2) is 8.36. The van der Waals surface area contributed by atoms with Crippen LogP contribution in [-0.2, 0) is 11.2 Å². The van der Waals surface area contributed by atoms with Crippen LogP contribution in [0.25, 0.3) is 0 Å². The lowest BCUT2D eigenvalue weighted by atomic mass is 10.0. The van der Waals surface area contributed by atoms with Crippen LogP contribution in [0.5, 0.6) is 0 Å². The van der Waals surface area contributed by atoms with Gasteiger partial charge < -0.3 is 10.2 Å². The lowest BCUT2D eigenvalue weighted by molar-refractivity contribution is -0.121. The minimum absolute atomic E-state index is 0.0328. The molecule has 1 aromatic heterocycles. The van der Waals surface area contributed by atoms with Crippen LogP contribution in [0.2, 0.25) is 0 Å². The molecule has 4 rings (SSSR count). The number of carbonyl (C=O) groups excluding carboxylic acids is 2. The standard InChI is InChI=1S/C20H23FN4O2S/c21-17-4-2-1-3-16(17)19(27)24-20-23-14(12-28-20)11-18(26)22-13-7-9-25(10-8-13)15-5-6-15/h1-4,12-13,15H,5-11H2,(H,22,26)(H,23,24,27). The molecule has 2 aromatic rings. The molecular formula is C20H23FN4O2S. The summed E-state index contributed by atoms with van der Waals surface area (Å²) in [5.41, 5.74) is 0.566. The highest BCUT2D eigenvalue weighted by Crippen LogP contribution is 2.29. The highest BCUT2D eigenvalue weighted by atomic mass is 32.1. The summed E-state index contributed by atoms with van der Waals surface area (Å²) in [4.78, 5) is 31.2. The Morgan fingerprint density at radius 3 is 2.64 bits per heavy atom. The van der Waals surface area contributed by atoms with Crippen LogP contribution < -0.4 is 10.6 Å². The molecule has 2 fully saturated rings. The first-order chi connectivity index (χ1) is 13.6. The average molecular weight is 402 g/mol. The van der Waals surface area contributed by atoms with E-state index in [4.69, 9.17) is 0 Å². The van der Waals surface area contributed by atoms with E-state index in [-0.39, 0.29) is 23.9 Å². The Hall–Kier alpha value is -2.32. The summed E-state index contributed by atoms with van der Waals surface area (Å²) in [5.74, 6) is -1.18. The topological polar surface area (TPSA) is 74.3 Å². The zero-order chi connectivity index (χ0) is 19.5. The number of thiazole rings is 1. The van der Waals surface area contributed by atoms with Crippen molar-refractivity contribution in [1.29, 1.82) is 0 Å². The smallest absolute Gasteiger partial charge is 0.260 e. The fraction of sp³-hybridized carbons (Fsp3) is 0.450. The number of anilines is 1. The van der Waals surface area contributed by atoms with Crippen LogP contribution in [0.1, 0.15) is 41.7 Å². The summed E-state index contributed by atoms with van der Waals surface area (Å²) in [7, 11) is 0. The van der Waals surface area contributed by atoms with Gasteiger partial charge in [-0.05, 0) is 37.8 Å². The molecule has 2 N–H and O–H groups in total. The van der Waals surface area contributed by atoms with Crippen molar-refractivity contribution in [2.24, 2.45) is 0 Å². The first-order valence-electron chi connectivity index (χ1n) is 9.62. The van der Waals surface area contributed by atoms with Crippen molar-refractivity contribution in [2.45, 2.75) is 44.2 Å². The summed E-state index contributed by atoms with van der Waals surface area (Å²) in [6.45, 7) is 2.11. The third-order valence-electron chi connectivity index (χ3n) is 5.19. The monoisotopic (exact) mass is 402 g/mol. The number of rotatable bonds is 6. The van der Waals surface area contributed by atoms with Gasteiger partial charge in [0.25, 0.3) is 5.91 Å². The molecule has 1 saturated heterocycles. The van der Waals surface area contributed by atoms with E-state index in [1.807, 2.05) is 0 Å². The van der Waals surface area contributed by atoms with E-state index in [0.29, 0.717) is 10.8 Å². The molecule has 0 bridgehead atoms. The van der Waals surface area contributed by atoms with Gasteiger partial charge in [0.05, 0.1) is 17.7 Å². The van der Waals surface area contributed by atoms with Crippen LogP contribution in [-0.4, -0.2) is 46.9 Å². The van der Waals surface area contributed by atoms with Gasteiger partial charge in [-0.1, -0.05) is 12.1 Å². The number of carbonyl (C=O) groups is 2. The molecular weight excluding hydrogens is 379 g/mol. The van der Waals surface area contributed by atoms with Crippen molar-refractivity contribution in [1.82, 2.24) is 15.2 Å². The van der Waals surface area contributed by atoms with Crippen LogP contribution in [0.15, 0.2) is 29.6 Å². The number of likely N-dealkylation sites (tertiary alicyclic amines) is 1. The number of aromatic nitrogens is 1. The predicted molar refractivity (Wildman–Crippen MR) is 106 cm³/mol. The molecule has 1 aliphatic heterocycles. The third kappa shape index (κ3) is 4.74. The molecule has 0 atom stereocenters. The van der Waals surface area contributed by atoms with Crippen molar-refractivity contribution in [3.63, 3.8) is 0 Å². The Bertz CT molecular complexity index is 859. The summed E-state index contributed by atoms with van der Waals surface area (Å²) >= 11 is 1.22. The Morgan fingerprint density at radius 2 is 1.93 bits per heavy atom. The van der Waals surface area contributed by atoms with Crippen LogP contribution >= 0.6 is 11.3 Å². The van der Waals surface area contributed by atoms with E-state index in [2.05, 4.69) is 20.5 Å². The van der Waals surface area contributed by atoms with Crippen molar-refractivity contribution >= 4 is 28.3 Å². The minimum atomic E-state index is -0.580. The summed E-state index contributed by atoms with van der Waals surface area (Å²) in [6, 6.07) is 6.79. The fourth-order valence-electron chi connectivity index (χ4n) is 3.55. The number of piperidine rings is 1. The molecule has 2 amide bonds. The second-order valence-corrected chi connectivity index (χ2v) is 8.22. The molecule has 2 heterocycles. The van der Waals surface area contributed by atoms with Crippen molar-refractivity contribution in [3.05, 3.63) is 46.7 Å². The first-order valence-corrected chi connectivity index (χ1v) is 10.5. The van der Waals surface area contributed by atoms with Gasteiger partial charge in [0.2, 0.25) is 5.91 Å². The number of nitrogens with zero attached hydrogens (tertiary/aromatic N) is 2. The summed E-state index contributed by atoms with van der Waals surface area (Å²) in [6.07, 6.45) is 4.79. The molecule has 0 radical (unpaired) electrons. The SMILES string of the molecule is O=C(Cc1csc(NC(=O)c2ccccc2F)n1)NC1CCN(C2CC2)CC1. The van der Waals surface area contributed by atoms with E-state index in [1.165, 1.54) is 42.4 Å². The Balaban J connectivity index is 1.25. The zero-order valence-corrected chi connectivity index (χ0v) is 16.3. The Labute approximate surface area is 167 Å². The number of amides is 2. The third-order valence-corrected chi connectivity index (χ3v) is 6.00. The highest BCUT2D eigenvalue weighted by Gasteiger charge is 2.32. The minimum Gasteiger partial charge on any atom is -0.353 e. The van der Waals surface area contributed by atoms with Gasteiger partial charge in [0, 0.05) is 30.6 Å². The summed E-state index contributed by atoms with van der Waals surface area (Å²) < 4.78 is 13.7. The number of benzene rings is 1. The van der Waals surface area contributed by atoms with Crippen molar-refractivity contribution < 1.29 is 14.0 Å². The fourth-order valence-corrected chi connectivity index (χ4v) is 4.25. The first kappa shape index (κ1) is 19.0. The van der Waals surface area contributed by atoms with E-state index in [0.717, 1.165) is 32.0 Å². The Morgan fingerprint density at radius 1 is 1.18 bits per heavy atom. The molecule has 6 nitrogen and oxygen atoms in total. The lowest BCUT2D eigenvalue weighted by Crippen LogP contribution is -2.45. The molecule has 28 heavy (non-hydrogen) atoms. The molecule has 8 heteroatoms. The molecule has 148 valence electrons. The second-order valence-electron chi connectivity index (χ2n) is 7.36. The van der Waals surface area contributed by atoms with Gasteiger partial charge in [-0.2, -0.15) is 0 Å². The zero-order valence-electron chi connectivity index (χ0n) is 15.5. The van der Waals surface area contributed by atoms with Crippen LogP contribution in [0, 0.1) is 5.82 Å². The number of nitrogens with one attached hydrogen (secondary N) is 2. The Kier molecular flexibility index (Phi) is 5.68. The normalized spacial score (nSPS) is 18.0. The summed E-state index contributed by atoms with van der Waals surface area (Å²) in [5, 5.41) is 7.78. The quantitative estimate of drug-likeness (QED) is 0.779. The maximum absolute atomic E-state index is 13.7. The molecule has 1 aliphatic carbocycles. The van der Waals surface area contributed by atoms with Crippen molar-refractivity contribution in [2.75, 3.05) is 18.4 Å². The van der Waals surface area contributed by atoms with Gasteiger partial charge in [0.15, 0.2) is 5.13 Å². The highest BCUT2D eigenvalue weighted by molar-refractivity contribution is 7.14. The van der Waals surface area contributed by atoms with Crippen molar-refractivity contribution in [3.8, 4) is 0 Å². The van der Waals surface area contributed by atoms with E-state index in [1.54, 1.807) is 11.4 Å². The van der Waals surface area contributed by atoms with Gasteiger partial charge in [-0.15, -0.1) is 11.3 Å². The molecule has 2 aliphatic rings. The largest absolute Gasteiger partial charge is 0.353 e. The molecule has 0 spiro atoms. The van der Waals surface area contributed by atoms with E-state index >= 15 is 0 Å². The number of halogens is 1. The van der Waals surface area contributed by atoms with E-state index in [9.17, 15) is 14.0 Å². The molecule has 1 saturated carbocycles. The average Bonchev–Trinajstić information content (AvgIpc) is 3.44. The maximum atomic E-state index is 13.7. The van der Waals surface area contributed by atoms with Gasteiger partial charge in [-0.25, -0.2) is 9.37 Å². The molecule has 1 aromatic carbocycles.